The van der Waals surface area contributed by atoms with Crippen molar-refractivity contribution in [2.24, 2.45) is 28.6 Å². The molecule has 0 bridgehead atoms. The van der Waals surface area contributed by atoms with Gasteiger partial charge in [-0.1, -0.05) is 33.3 Å². The highest BCUT2D eigenvalue weighted by atomic mass is 28.4. The molecule has 29 heavy (non-hydrogen) atoms. The van der Waals surface area contributed by atoms with Gasteiger partial charge in [-0.2, -0.15) is 0 Å². The lowest BCUT2D eigenvalue weighted by Gasteiger charge is -2.58. The van der Waals surface area contributed by atoms with E-state index >= 15 is 0 Å². The summed E-state index contributed by atoms with van der Waals surface area (Å²) in [6, 6.07) is 0. The molecule has 3 fully saturated rings. The van der Waals surface area contributed by atoms with Gasteiger partial charge >= 0.3 is 0 Å². The molecule has 4 aliphatic carbocycles. The number of hydrogen-bond acceptors (Lipinski definition) is 3. The topological polar surface area (TPSA) is 43.4 Å². The minimum absolute atomic E-state index is 0.0500. The van der Waals surface area contributed by atoms with Crippen molar-refractivity contribution in [1.82, 2.24) is 0 Å². The van der Waals surface area contributed by atoms with Gasteiger partial charge in [0.25, 0.3) is 0 Å². The average molecular weight is 418 g/mol. The summed E-state index contributed by atoms with van der Waals surface area (Å²) >= 11 is 0. The fourth-order valence-electron chi connectivity index (χ4n) is 6.69. The monoisotopic (exact) mass is 417 g/mol. The van der Waals surface area contributed by atoms with Crippen molar-refractivity contribution in [3.8, 4) is 0 Å². The maximum Gasteiger partial charge on any atom is 0.192 e. The van der Waals surface area contributed by atoms with Crippen LogP contribution in [0, 0.1) is 28.6 Å². The first-order valence-corrected chi connectivity index (χ1v) is 14.6. The highest BCUT2D eigenvalue weighted by molar-refractivity contribution is 6.74. The predicted octanol–water partition coefficient (Wildman–Crippen LogP) is 6.09. The molecule has 4 aliphatic rings. The predicted molar refractivity (Wildman–Crippen MR) is 119 cm³/mol. The molecule has 4 heteroatoms. The average Bonchev–Trinajstić information content (AvgIpc) is 2.95. The normalized spacial score (nSPS) is 41.8. The van der Waals surface area contributed by atoms with Crippen LogP contribution in [-0.2, 0) is 14.0 Å². The largest absolute Gasteiger partial charge is 0.416 e. The lowest BCUT2D eigenvalue weighted by atomic mass is 9.47. The van der Waals surface area contributed by atoms with Crippen LogP contribution in [0.3, 0.4) is 0 Å². The van der Waals surface area contributed by atoms with Crippen LogP contribution in [0.25, 0.3) is 0 Å². The Morgan fingerprint density at radius 3 is 2.52 bits per heavy atom. The van der Waals surface area contributed by atoms with Crippen molar-refractivity contribution in [3.05, 3.63) is 11.6 Å². The third-order valence-corrected chi connectivity index (χ3v) is 14.0. The van der Waals surface area contributed by atoms with Crippen molar-refractivity contribution in [3.63, 3.8) is 0 Å². The van der Waals surface area contributed by atoms with E-state index in [2.05, 4.69) is 40.8 Å². The summed E-state index contributed by atoms with van der Waals surface area (Å²) < 4.78 is 16.1. The van der Waals surface area contributed by atoms with E-state index in [0.29, 0.717) is 30.0 Å². The van der Waals surface area contributed by atoms with Crippen molar-refractivity contribution in [2.45, 2.75) is 97.2 Å². The van der Waals surface area contributed by atoms with Crippen molar-refractivity contribution in [2.75, 3.05) is 6.58 Å². The molecule has 0 aromatic heterocycles. The molecule has 162 valence electrons. The Hall–Kier alpha value is -0.743. The molecule has 0 aromatic rings. The SMILES string of the molecule is [2H]C(O[Si](C)(C)C(C)(C)C)[C@]12CCC(=O)C=C1CC[C@@H]1[C@@H]2CC[C@]2(C)C(=O)CC[C@@H]12. The molecule has 0 aromatic carbocycles. The van der Waals surface area contributed by atoms with E-state index in [1.165, 1.54) is 5.57 Å². The zero-order valence-electron chi connectivity index (χ0n) is 20.3. The van der Waals surface area contributed by atoms with Crippen LogP contribution in [0.15, 0.2) is 11.6 Å². The molecule has 1 unspecified atom stereocenters. The third kappa shape index (κ3) is 3.24. The second-order valence-electron chi connectivity index (χ2n) is 12.0. The van der Waals surface area contributed by atoms with Gasteiger partial charge in [-0.15, -0.1) is 0 Å². The summed E-state index contributed by atoms with van der Waals surface area (Å²) in [5, 5.41) is 0.0500. The highest BCUT2D eigenvalue weighted by Crippen LogP contribution is 2.64. The van der Waals surface area contributed by atoms with Gasteiger partial charge in [0, 0.05) is 30.3 Å². The molecule has 0 heterocycles. The first kappa shape index (κ1) is 20.2. The summed E-state index contributed by atoms with van der Waals surface area (Å²) in [5.41, 5.74) is 0.678. The molecule has 3 saturated carbocycles. The van der Waals surface area contributed by atoms with E-state index in [-0.39, 0.29) is 21.7 Å². The van der Waals surface area contributed by atoms with E-state index in [9.17, 15) is 11.0 Å². The molecule has 0 spiro atoms. The van der Waals surface area contributed by atoms with Gasteiger partial charge in [-0.3, -0.25) is 9.59 Å². The van der Waals surface area contributed by atoms with Gasteiger partial charge in [0.2, 0.25) is 0 Å². The zero-order chi connectivity index (χ0) is 22.1. The van der Waals surface area contributed by atoms with Crippen molar-refractivity contribution in [1.29, 1.82) is 0 Å². The molecular weight excluding hydrogens is 376 g/mol. The second-order valence-corrected chi connectivity index (χ2v) is 16.8. The summed E-state index contributed by atoms with van der Waals surface area (Å²) in [5.74, 6) is 1.97. The summed E-state index contributed by atoms with van der Waals surface area (Å²) in [6.07, 6.45) is 8.78. The molecule has 6 atom stereocenters. The fraction of sp³-hybridized carbons (Fsp3) is 0.840. The summed E-state index contributed by atoms with van der Waals surface area (Å²) in [6.45, 7) is 12.7. The van der Waals surface area contributed by atoms with Crippen LogP contribution < -0.4 is 0 Å². The molecule has 0 amide bonds. The Kier molecular flexibility index (Phi) is 4.79. The molecule has 0 N–H and O–H groups in total. The minimum atomic E-state index is -2.11. The van der Waals surface area contributed by atoms with Crippen LogP contribution in [0.2, 0.25) is 18.1 Å². The van der Waals surface area contributed by atoms with Gasteiger partial charge in [-0.05, 0) is 80.5 Å². The van der Waals surface area contributed by atoms with E-state index in [0.717, 1.165) is 44.9 Å². The van der Waals surface area contributed by atoms with Crippen LogP contribution >= 0.6 is 0 Å². The quantitative estimate of drug-likeness (QED) is 0.522. The maximum absolute atomic E-state index is 12.7. The van der Waals surface area contributed by atoms with Gasteiger partial charge in [0.05, 0.1) is 1.37 Å². The number of Topliss-reactive ketones (excluding diaryl/α,β-unsaturated/α-hetero) is 1. The van der Waals surface area contributed by atoms with Gasteiger partial charge in [0.15, 0.2) is 14.1 Å². The van der Waals surface area contributed by atoms with Crippen LogP contribution in [-0.4, -0.2) is 26.5 Å². The lowest BCUT2D eigenvalue weighted by Crippen LogP contribution is -2.55. The first-order valence-electron chi connectivity index (χ1n) is 12.3. The fourth-order valence-corrected chi connectivity index (χ4v) is 7.55. The van der Waals surface area contributed by atoms with E-state index < -0.39 is 14.9 Å². The maximum atomic E-state index is 12.7. The van der Waals surface area contributed by atoms with E-state index in [4.69, 9.17) is 4.43 Å². The smallest absolute Gasteiger partial charge is 0.192 e. The third-order valence-electron chi connectivity index (χ3n) is 9.64. The lowest BCUT2D eigenvalue weighted by molar-refractivity contribution is -0.133. The highest BCUT2D eigenvalue weighted by Gasteiger charge is 2.60. The van der Waals surface area contributed by atoms with Gasteiger partial charge in [0.1, 0.15) is 5.78 Å². The van der Waals surface area contributed by atoms with Crippen molar-refractivity contribution >= 4 is 19.9 Å². The number of carbonyl (C=O) groups is 2. The number of rotatable bonds is 3. The minimum Gasteiger partial charge on any atom is -0.416 e. The summed E-state index contributed by atoms with van der Waals surface area (Å²) in [7, 11) is -2.11. The molecule has 4 rings (SSSR count). The zero-order valence-corrected chi connectivity index (χ0v) is 20.3. The van der Waals surface area contributed by atoms with Crippen LogP contribution in [0.5, 0.6) is 0 Å². The number of ketones is 2. The Balaban J connectivity index is 1.73. The molecular formula is C25H40O3Si. The Morgan fingerprint density at radius 1 is 1.10 bits per heavy atom. The Bertz CT molecular complexity index is 782. The Morgan fingerprint density at radius 2 is 1.83 bits per heavy atom. The number of carbonyl (C=O) groups excluding carboxylic acids is 2. The van der Waals surface area contributed by atoms with Gasteiger partial charge < -0.3 is 4.43 Å². The molecule has 0 radical (unpaired) electrons. The molecule has 0 saturated heterocycles. The standard InChI is InChI=1S/C25H40O3Si/c1-23(2,3)29(5,6)28-16-25-14-11-18(26)15-17(25)7-8-19-20-9-10-22(27)24(20,4)13-12-21(19)25/h15,19-21H,7-14,16H2,1-6H3/t19-,20-,21-,24-,25+/m0/s1/i16D/t16?,19-,20-,21-,24-,25+. The Labute approximate surface area is 179 Å². The van der Waals surface area contributed by atoms with Crippen LogP contribution in [0.1, 0.15) is 80.4 Å². The second kappa shape index (κ2) is 6.88. The van der Waals surface area contributed by atoms with Crippen molar-refractivity contribution < 1.29 is 15.4 Å². The van der Waals surface area contributed by atoms with Gasteiger partial charge in [-0.25, -0.2) is 0 Å². The molecule has 3 nitrogen and oxygen atoms in total. The summed E-state index contributed by atoms with van der Waals surface area (Å²) in [4.78, 5) is 25.1. The van der Waals surface area contributed by atoms with E-state index in [1.807, 2.05) is 6.08 Å². The molecule has 0 aliphatic heterocycles. The number of hydrogen-bond donors (Lipinski definition) is 0. The van der Waals surface area contributed by atoms with Crippen LogP contribution in [0.4, 0.5) is 0 Å². The first-order chi connectivity index (χ1) is 13.8. The number of fused-ring (bicyclic) bond motifs is 5. The van der Waals surface area contributed by atoms with E-state index in [1.54, 1.807) is 0 Å².